The summed E-state index contributed by atoms with van der Waals surface area (Å²) in [5, 5.41) is 6.62. The summed E-state index contributed by atoms with van der Waals surface area (Å²) >= 11 is 0. The average molecular weight is 461 g/mol. The van der Waals surface area contributed by atoms with E-state index < -0.39 is 0 Å². The molecule has 25 heavy (non-hydrogen) atoms. The molecule has 0 aliphatic heterocycles. The molecule has 0 saturated heterocycles. The highest BCUT2D eigenvalue weighted by atomic mass is 127. The Morgan fingerprint density at radius 3 is 2.40 bits per heavy atom. The summed E-state index contributed by atoms with van der Waals surface area (Å²) in [4.78, 5) is 4.63. The van der Waals surface area contributed by atoms with Gasteiger partial charge in [-0.25, -0.2) is 4.99 Å². The molecule has 1 saturated carbocycles. The van der Waals surface area contributed by atoms with Crippen molar-refractivity contribution in [2.75, 3.05) is 27.4 Å². The van der Waals surface area contributed by atoms with Gasteiger partial charge in [0.15, 0.2) is 17.5 Å². The van der Waals surface area contributed by atoms with Crippen LogP contribution >= 0.6 is 24.0 Å². The van der Waals surface area contributed by atoms with Gasteiger partial charge in [0, 0.05) is 12.6 Å². The Balaban J connectivity index is 0.00000312. The molecule has 0 atom stereocenters. The summed E-state index contributed by atoms with van der Waals surface area (Å²) in [6.45, 7) is 7.39. The largest absolute Gasteiger partial charge is 0.493 e. The van der Waals surface area contributed by atoms with Crippen molar-refractivity contribution in [3.63, 3.8) is 0 Å². The van der Waals surface area contributed by atoms with E-state index in [1.165, 1.54) is 12.8 Å². The number of nitrogens with one attached hydrogen (secondary N) is 2. The van der Waals surface area contributed by atoms with Crippen LogP contribution in [0.3, 0.4) is 0 Å². The smallest absolute Gasteiger partial charge is 0.203 e. The van der Waals surface area contributed by atoms with Gasteiger partial charge in [-0.2, -0.15) is 0 Å². The summed E-state index contributed by atoms with van der Waals surface area (Å²) in [5.41, 5.74) is 0.989. The summed E-state index contributed by atoms with van der Waals surface area (Å²) in [5.74, 6) is 2.72. The van der Waals surface area contributed by atoms with Crippen LogP contribution in [0.2, 0.25) is 0 Å². The van der Waals surface area contributed by atoms with Crippen molar-refractivity contribution in [2.45, 2.75) is 32.4 Å². The van der Waals surface area contributed by atoms with Crippen molar-refractivity contribution >= 4 is 29.9 Å². The van der Waals surface area contributed by atoms with Gasteiger partial charge < -0.3 is 24.8 Å². The third kappa shape index (κ3) is 6.64. The minimum atomic E-state index is 0. The van der Waals surface area contributed by atoms with Crippen molar-refractivity contribution in [1.82, 2.24) is 10.6 Å². The summed E-state index contributed by atoms with van der Waals surface area (Å²) < 4.78 is 16.5. The molecule has 2 rings (SSSR count). The highest BCUT2D eigenvalue weighted by Gasteiger charge is 2.22. The lowest BCUT2D eigenvalue weighted by Crippen LogP contribution is -2.38. The molecule has 1 fully saturated rings. The monoisotopic (exact) mass is 461 g/mol. The second-order valence-electron chi connectivity index (χ2n) is 5.52. The van der Waals surface area contributed by atoms with Crippen molar-refractivity contribution in [3.05, 3.63) is 30.4 Å². The first-order valence-electron chi connectivity index (χ1n) is 8.25. The van der Waals surface area contributed by atoms with Gasteiger partial charge in [0.2, 0.25) is 5.75 Å². The Bertz CT molecular complexity index is 564. The van der Waals surface area contributed by atoms with Gasteiger partial charge >= 0.3 is 0 Å². The molecule has 2 N–H and O–H groups in total. The molecule has 0 unspecified atom stereocenters. The van der Waals surface area contributed by atoms with E-state index in [0.717, 1.165) is 11.5 Å². The molecular formula is C18H28IN3O3. The number of ether oxygens (including phenoxy) is 3. The number of guanidine groups is 1. The van der Waals surface area contributed by atoms with Crippen LogP contribution in [0.4, 0.5) is 0 Å². The Morgan fingerprint density at radius 1 is 1.28 bits per heavy atom. The number of hydrogen-bond donors (Lipinski definition) is 2. The first-order valence-corrected chi connectivity index (χ1v) is 8.25. The van der Waals surface area contributed by atoms with Crippen LogP contribution in [0.25, 0.3) is 0 Å². The fourth-order valence-corrected chi connectivity index (χ4v) is 2.22. The standard InChI is InChI=1S/C18H27N3O3.HI/c1-5-9-19-18(21-14-7-8-14)20-12-13-10-15(22-3)17(24-6-2)16(11-13)23-4;/h5,10-11,14H,1,6-9,12H2,2-4H3,(H2,19,20,21);1H. The van der Waals surface area contributed by atoms with E-state index in [1.807, 2.05) is 25.1 Å². The van der Waals surface area contributed by atoms with E-state index in [4.69, 9.17) is 14.2 Å². The molecule has 7 heteroatoms. The van der Waals surface area contributed by atoms with E-state index in [1.54, 1.807) is 14.2 Å². The molecule has 1 aliphatic carbocycles. The van der Waals surface area contributed by atoms with Crippen LogP contribution in [-0.2, 0) is 6.54 Å². The van der Waals surface area contributed by atoms with E-state index in [9.17, 15) is 0 Å². The van der Waals surface area contributed by atoms with Gasteiger partial charge in [0.05, 0.1) is 27.4 Å². The summed E-state index contributed by atoms with van der Waals surface area (Å²) in [6, 6.07) is 4.39. The van der Waals surface area contributed by atoms with Gasteiger partial charge in [0.25, 0.3) is 0 Å². The summed E-state index contributed by atoms with van der Waals surface area (Å²) in [6.07, 6.45) is 4.20. The summed E-state index contributed by atoms with van der Waals surface area (Å²) in [7, 11) is 3.24. The Morgan fingerprint density at radius 2 is 1.92 bits per heavy atom. The van der Waals surface area contributed by atoms with Crippen molar-refractivity contribution in [1.29, 1.82) is 0 Å². The van der Waals surface area contributed by atoms with E-state index in [0.29, 0.717) is 43.0 Å². The molecule has 6 nitrogen and oxygen atoms in total. The molecule has 0 heterocycles. The lowest BCUT2D eigenvalue weighted by atomic mass is 10.2. The molecule has 0 amide bonds. The Labute approximate surface area is 167 Å². The number of rotatable bonds is 9. The van der Waals surface area contributed by atoms with E-state index in [2.05, 4.69) is 22.2 Å². The van der Waals surface area contributed by atoms with Gasteiger partial charge in [0.1, 0.15) is 0 Å². The predicted octanol–water partition coefficient (Wildman–Crippen LogP) is 3.10. The molecule has 1 aromatic rings. The third-order valence-corrected chi connectivity index (χ3v) is 3.56. The van der Waals surface area contributed by atoms with Crippen molar-refractivity contribution in [3.8, 4) is 17.2 Å². The van der Waals surface area contributed by atoms with Crippen LogP contribution in [0, 0.1) is 0 Å². The normalized spacial score (nSPS) is 13.5. The van der Waals surface area contributed by atoms with Gasteiger partial charge in [-0.1, -0.05) is 6.08 Å². The zero-order valence-electron chi connectivity index (χ0n) is 15.1. The minimum Gasteiger partial charge on any atom is -0.493 e. The molecule has 0 bridgehead atoms. The first kappa shape index (κ1) is 21.4. The maximum Gasteiger partial charge on any atom is 0.203 e. The molecule has 140 valence electrons. The third-order valence-electron chi connectivity index (χ3n) is 3.56. The first-order chi connectivity index (χ1) is 11.7. The maximum atomic E-state index is 5.62. The van der Waals surface area contributed by atoms with Crippen LogP contribution in [0.15, 0.2) is 29.8 Å². The molecule has 1 aromatic carbocycles. The Kier molecular flexibility index (Phi) is 9.48. The topological polar surface area (TPSA) is 64.1 Å². The van der Waals surface area contributed by atoms with Gasteiger partial charge in [-0.15, -0.1) is 30.6 Å². The van der Waals surface area contributed by atoms with Crippen LogP contribution in [0.5, 0.6) is 17.2 Å². The zero-order chi connectivity index (χ0) is 17.4. The lowest BCUT2D eigenvalue weighted by Gasteiger charge is -2.15. The van der Waals surface area contributed by atoms with Crippen molar-refractivity contribution < 1.29 is 14.2 Å². The van der Waals surface area contributed by atoms with Gasteiger partial charge in [-0.05, 0) is 37.5 Å². The van der Waals surface area contributed by atoms with Crippen LogP contribution < -0.4 is 24.8 Å². The fraction of sp³-hybridized carbons (Fsp3) is 0.500. The molecule has 0 aromatic heterocycles. The van der Waals surface area contributed by atoms with E-state index in [-0.39, 0.29) is 24.0 Å². The second kappa shape index (κ2) is 11.1. The number of halogens is 1. The van der Waals surface area contributed by atoms with Crippen molar-refractivity contribution in [2.24, 2.45) is 4.99 Å². The minimum absolute atomic E-state index is 0. The van der Waals surface area contributed by atoms with E-state index >= 15 is 0 Å². The van der Waals surface area contributed by atoms with Crippen LogP contribution in [-0.4, -0.2) is 39.4 Å². The highest BCUT2D eigenvalue weighted by molar-refractivity contribution is 14.0. The number of benzene rings is 1. The lowest BCUT2D eigenvalue weighted by molar-refractivity contribution is 0.288. The average Bonchev–Trinajstić information content (AvgIpc) is 3.42. The number of aliphatic imine (C=N–C) groups is 1. The van der Waals surface area contributed by atoms with Crippen LogP contribution in [0.1, 0.15) is 25.3 Å². The SMILES string of the molecule is C=CCNC(=NCc1cc(OC)c(OCC)c(OC)c1)NC1CC1.I. The Hall–Kier alpha value is -1.64. The number of nitrogens with zero attached hydrogens (tertiary/aromatic N) is 1. The molecule has 0 spiro atoms. The molecular weight excluding hydrogens is 433 g/mol. The molecule has 1 aliphatic rings. The fourth-order valence-electron chi connectivity index (χ4n) is 2.22. The second-order valence-corrected chi connectivity index (χ2v) is 5.52. The maximum absolute atomic E-state index is 5.62. The zero-order valence-corrected chi connectivity index (χ0v) is 17.5. The highest BCUT2D eigenvalue weighted by Crippen LogP contribution is 2.38. The molecule has 0 radical (unpaired) electrons. The quantitative estimate of drug-likeness (QED) is 0.256. The van der Waals surface area contributed by atoms with Gasteiger partial charge in [-0.3, -0.25) is 0 Å². The predicted molar refractivity (Wildman–Crippen MR) is 112 cm³/mol. The number of hydrogen-bond acceptors (Lipinski definition) is 4. The number of methoxy groups -OCH3 is 2.